The molecule has 104 valence electrons. The van der Waals surface area contributed by atoms with Crippen LogP contribution in [0.4, 0.5) is 0 Å². The van der Waals surface area contributed by atoms with Crippen LogP contribution < -0.4 is 16.6 Å². The average Bonchev–Trinajstić information content (AvgIpc) is 3.21. The van der Waals surface area contributed by atoms with E-state index in [0.717, 1.165) is 12.8 Å². The second-order valence-corrected chi connectivity index (χ2v) is 5.85. The molecule has 1 aliphatic rings. The third-order valence-electron chi connectivity index (χ3n) is 3.33. The summed E-state index contributed by atoms with van der Waals surface area (Å²) in [5, 5.41) is 3.40. The molecule has 0 saturated heterocycles. The van der Waals surface area contributed by atoms with Crippen LogP contribution in [0.25, 0.3) is 0 Å². The molecule has 0 unspecified atom stereocenters. The van der Waals surface area contributed by atoms with Crippen molar-refractivity contribution in [3.05, 3.63) is 35.9 Å². The minimum absolute atomic E-state index is 0.0318. The Morgan fingerprint density at radius 2 is 2.00 bits per heavy atom. The predicted molar refractivity (Wildman–Crippen MR) is 79.8 cm³/mol. The van der Waals surface area contributed by atoms with Crippen LogP contribution in [-0.4, -0.2) is 17.5 Å². The molecule has 1 fully saturated rings. The first kappa shape index (κ1) is 13.9. The molecule has 1 aliphatic carbocycles. The fourth-order valence-corrected chi connectivity index (χ4v) is 1.98. The maximum absolute atomic E-state index is 5.52. The number of benzene rings is 1. The van der Waals surface area contributed by atoms with Crippen molar-refractivity contribution in [3.63, 3.8) is 0 Å². The Morgan fingerprint density at radius 1 is 1.32 bits per heavy atom. The standard InChI is InChI=1S/C15H24N4/c1-15(2,11-10-12-6-4-3-5-7-12)18-14(19-16)17-13-8-9-13/h3-7,13H,8-11,16H2,1-2H3,(H2,17,18,19). The fraction of sp³-hybridized carbons (Fsp3) is 0.533. The van der Waals surface area contributed by atoms with Crippen molar-refractivity contribution in [2.24, 2.45) is 10.8 Å². The first-order valence-corrected chi connectivity index (χ1v) is 6.95. The van der Waals surface area contributed by atoms with E-state index in [4.69, 9.17) is 5.84 Å². The molecule has 0 aliphatic heterocycles. The first-order valence-electron chi connectivity index (χ1n) is 6.95. The highest BCUT2D eigenvalue weighted by molar-refractivity contribution is 5.80. The SMILES string of the molecule is CC(C)(CCc1ccccc1)NC(=NC1CC1)NN. The van der Waals surface area contributed by atoms with Crippen LogP contribution in [0.2, 0.25) is 0 Å². The lowest BCUT2D eigenvalue weighted by Crippen LogP contribution is -2.51. The molecule has 0 atom stereocenters. The van der Waals surface area contributed by atoms with E-state index in [1.807, 2.05) is 6.07 Å². The van der Waals surface area contributed by atoms with Crippen molar-refractivity contribution in [1.29, 1.82) is 0 Å². The van der Waals surface area contributed by atoms with Gasteiger partial charge in [-0.3, -0.25) is 5.43 Å². The summed E-state index contributed by atoms with van der Waals surface area (Å²) in [4.78, 5) is 4.52. The molecule has 0 heterocycles. The van der Waals surface area contributed by atoms with Gasteiger partial charge in [0, 0.05) is 5.54 Å². The number of guanidine groups is 1. The van der Waals surface area contributed by atoms with Gasteiger partial charge in [-0.25, -0.2) is 10.8 Å². The average molecular weight is 260 g/mol. The van der Waals surface area contributed by atoms with E-state index in [-0.39, 0.29) is 5.54 Å². The zero-order chi connectivity index (χ0) is 13.7. The number of nitrogens with one attached hydrogen (secondary N) is 2. The smallest absolute Gasteiger partial charge is 0.206 e. The summed E-state index contributed by atoms with van der Waals surface area (Å²) in [7, 11) is 0. The fourth-order valence-electron chi connectivity index (χ4n) is 1.98. The van der Waals surface area contributed by atoms with Gasteiger partial charge in [-0.1, -0.05) is 30.3 Å². The van der Waals surface area contributed by atoms with Gasteiger partial charge < -0.3 is 5.32 Å². The van der Waals surface area contributed by atoms with Crippen LogP contribution in [-0.2, 0) is 6.42 Å². The normalized spacial score (nSPS) is 16.3. The summed E-state index contributed by atoms with van der Waals surface area (Å²) >= 11 is 0. The number of hydrazine groups is 1. The van der Waals surface area contributed by atoms with Crippen LogP contribution in [0.3, 0.4) is 0 Å². The molecule has 0 amide bonds. The quantitative estimate of drug-likeness (QED) is 0.328. The molecular weight excluding hydrogens is 236 g/mol. The van der Waals surface area contributed by atoms with Crippen LogP contribution in [0.1, 0.15) is 38.7 Å². The molecule has 0 radical (unpaired) electrons. The van der Waals surface area contributed by atoms with Gasteiger partial charge in [-0.15, -0.1) is 0 Å². The first-order chi connectivity index (χ1) is 9.09. The summed E-state index contributed by atoms with van der Waals surface area (Å²) in [5.41, 5.74) is 3.99. The highest BCUT2D eigenvalue weighted by atomic mass is 15.3. The Morgan fingerprint density at radius 3 is 2.58 bits per heavy atom. The van der Waals surface area contributed by atoms with E-state index in [1.165, 1.54) is 18.4 Å². The van der Waals surface area contributed by atoms with E-state index < -0.39 is 0 Å². The van der Waals surface area contributed by atoms with Crippen LogP contribution in [0.15, 0.2) is 35.3 Å². The Hall–Kier alpha value is -1.55. The lowest BCUT2D eigenvalue weighted by Gasteiger charge is -2.28. The van der Waals surface area contributed by atoms with E-state index >= 15 is 0 Å². The number of nitrogens with zero attached hydrogens (tertiary/aromatic N) is 1. The molecule has 0 aromatic heterocycles. The van der Waals surface area contributed by atoms with E-state index in [9.17, 15) is 0 Å². The number of aryl methyl sites for hydroxylation is 1. The second-order valence-electron chi connectivity index (χ2n) is 5.85. The van der Waals surface area contributed by atoms with Gasteiger partial charge in [0.05, 0.1) is 6.04 Å². The molecule has 4 heteroatoms. The molecule has 4 nitrogen and oxygen atoms in total. The summed E-state index contributed by atoms with van der Waals surface area (Å²) in [6.07, 6.45) is 4.43. The second kappa shape index (κ2) is 6.06. The van der Waals surface area contributed by atoms with Gasteiger partial charge in [0.2, 0.25) is 5.96 Å². The molecule has 19 heavy (non-hydrogen) atoms. The molecule has 0 bridgehead atoms. The number of hydrogen-bond acceptors (Lipinski definition) is 2. The van der Waals surface area contributed by atoms with Crippen LogP contribution in [0, 0.1) is 0 Å². The summed E-state index contributed by atoms with van der Waals surface area (Å²) < 4.78 is 0. The number of aliphatic imine (C=N–C) groups is 1. The number of nitrogens with two attached hydrogens (primary N) is 1. The van der Waals surface area contributed by atoms with Gasteiger partial charge in [-0.2, -0.15) is 0 Å². The highest BCUT2D eigenvalue weighted by Crippen LogP contribution is 2.23. The van der Waals surface area contributed by atoms with Gasteiger partial charge >= 0.3 is 0 Å². The minimum atomic E-state index is -0.0318. The maximum atomic E-state index is 5.52. The van der Waals surface area contributed by atoms with Crippen molar-refractivity contribution < 1.29 is 0 Å². The van der Waals surface area contributed by atoms with Gasteiger partial charge in [0.25, 0.3) is 0 Å². The Balaban J connectivity index is 1.86. The molecule has 0 spiro atoms. The van der Waals surface area contributed by atoms with Crippen molar-refractivity contribution in [3.8, 4) is 0 Å². The molecule has 1 saturated carbocycles. The van der Waals surface area contributed by atoms with Crippen LogP contribution >= 0.6 is 0 Å². The minimum Gasteiger partial charge on any atom is -0.350 e. The van der Waals surface area contributed by atoms with Gasteiger partial charge in [0.15, 0.2) is 0 Å². The molecule has 1 aromatic carbocycles. The summed E-state index contributed by atoms with van der Waals surface area (Å²) in [5.74, 6) is 6.23. The maximum Gasteiger partial charge on any atom is 0.206 e. The third-order valence-corrected chi connectivity index (χ3v) is 3.33. The molecule has 2 rings (SSSR count). The topological polar surface area (TPSA) is 62.4 Å². The zero-order valence-electron chi connectivity index (χ0n) is 11.8. The van der Waals surface area contributed by atoms with Crippen molar-refractivity contribution in [1.82, 2.24) is 10.7 Å². The zero-order valence-corrected chi connectivity index (χ0v) is 11.8. The lowest BCUT2D eigenvalue weighted by molar-refractivity contribution is 0.419. The third kappa shape index (κ3) is 4.91. The predicted octanol–water partition coefficient (Wildman–Crippen LogP) is 1.97. The Kier molecular flexibility index (Phi) is 4.43. The number of rotatable bonds is 5. The van der Waals surface area contributed by atoms with Crippen molar-refractivity contribution in [2.45, 2.75) is 51.1 Å². The Bertz CT molecular complexity index is 421. The lowest BCUT2D eigenvalue weighted by atomic mass is 9.95. The van der Waals surface area contributed by atoms with E-state index in [0.29, 0.717) is 12.0 Å². The van der Waals surface area contributed by atoms with Crippen LogP contribution in [0.5, 0.6) is 0 Å². The summed E-state index contributed by atoms with van der Waals surface area (Å²) in [6, 6.07) is 11.0. The summed E-state index contributed by atoms with van der Waals surface area (Å²) in [6.45, 7) is 4.35. The van der Waals surface area contributed by atoms with Crippen molar-refractivity contribution >= 4 is 5.96 Å². The van der Waals surface area contributed by atoms with Gasteiger partial charge in [0.1, 0.15) is 0 Å². The largest absolute Gasteiger partial charge is 0.350 e. The van der Waals surface area contributed by atoms with Crippen molar-refractivity contribution in [2.75, 3.05) is 0 Å². The highest BCUT2D eigenvalue weighted by Gasteiger charge is 2.23. The monoisotopic (exact) mass is 260 g/mol. The van der Waals surface area contributed by atoms with Gasteiger partial charge in [-0.05, 0) is 45.1 Å². The molecule has 1 aromatic rings. The van der Waals surface area contributed by atoms with E-state index in [2.05, 4.69) is 53.8 Å². The van der Waals surface area contributed by atoms with E-state index in [1.54, 1.807) is 0 Å². The molecule has 4 N–H and O–H groups in total. The number of hydrogen-bond donors (Lipinski definition) is 3. The molecular formula is C15H24N4. The Labute approximate surface area is 115 Å².